The van der Waals surface area contributed by atoms with E-state index in [0.717, 1.165) is 37.5 Å². The second kappa shape index (κ2) is 7.14. The van der Waals surface area contributed by atoms with Gasteiger partial charge in [0.15, 0.2) is 0 Å². The monoisotopic (exact) mass is 393 g/mol. The summed E-state index contributed by atoms with van der Waals surface area (Å²) < 4.78 is 0. The first-order valence-corrected chi connectivity index (χ1v) is 9.68. The van der Waals surface area contributed by atoms with Gasteiger partial charge in [-0.05, 0) is 53.9 Å². The fourth-order valence-corrected chi connectivity index (χ4v) is 4.36. The number of hydrogen-bond acceptors (Lipinski definition) is 3. The third-order valence-corrected chi connectivity index (χ3v) is 5.65. The lowest BCUT2D eigenvalue weighted by molar-refractivity contribution is -0.136. The number of fused-ring (bicyclic) bond motifs is 1. The molecule has 3 nitrogen and oxygen atoms in total. The van der Waals surface area contributed by atoms with Crippen LogP contribution in [0.15, 0.2) is 60.7 Å². The Labute approximate surface area is 165 Å². The van der Waals surface area contributed by atoms with Gasteiger partial charge in [0.1, 0.15) is 0 Å². The van der Waals surface area contributed by atoms with Gasteiger partial charge in [-0.1, -0.05) is 41.9 Å². The number of carbonyl (C=O) groups is 1. The average Bonchev–Trinajstić information content (AvgIpc) is 3.07. The zero-order valence-electron chi connectivity index (χ0n) is 14.6. The SMILES string of the molecule is Cc1ccc(-c2nc3ccc(Cl)cc3c(-c3ccccc3)c2CC(=O)O)s1. The largest absolute Gasteiger partial charge is 0.481 e. The molecule has 0 fully saturated rings. The van der Waals surface area contributed by atoms with Crippen LogP contribution in [0.4, 0.5) is 0 Å². The smallest absolute Gasteiger partial charge is 0.307 e. The lowest BCUT2D eigenvalue weighted by Gasteiger charge is -2.16. The van der Waals surface area contributed by atoms with Gasteiger partial charge in [-0.2, -0.15) is 0 Å². The summed E-state index contributed by atoms with van der Waals surface area (Å²) in [6.07, 6.45) is -0.105. The Morgan fingerprint density at radius 1 is 1.11 bits per heavy atom. The third-order valence-electron chi connectivity index (χ3n) is 4.41. The van der Waals surface area contributed by atoms with E-state index in [2.05, 4.69) is 0 Å². The molecule has 0 aliphatic heterocycles. The first-order valence-electron chi connectivity index (χ1n) is 8.49. The van der Waals surface area contributed by atoms with Crippen molar-refractivity contribution in [3.63, 3.8) is 0 Å². The van der Waals surface area contributed by atoms with Crippen LogP contribution in [0, 0.1) is 6.92 Å². The summed E-state index contributed by atoms with van der Waals surface area (Å²) in [5.74, 6) is -0.884. The van der Waals surface area contributed by atoms with Crippen LogP contribution in [0.1, 0.15) is 10.4 Å². The first-order chi connectivity index (χ1) is 13.0. The van der Waals surface area contributed by atoms with E-state index in [-0.39, 0.29) is 6.42 Å². The van der Waals surface area contributed by atoms with Crippen molar-refractivity contribution in [1.82, 2.24) is 4.98 Å². The lowest BCUT2D eigenvalue weighted by Crippen LogP contribution is -2.06. The molecule has 0 saturated carbocycles. The van der Waals surface area contributed by atoms with Gasteiger partial charge in [-0.25, -0.2) is 4.98 Å². The molecule has 0 amide bonds. The molecular weight excluding hydrogens is 378 g/mol. The Kier molecular flexibility index (Phi) is 4.68. The number of thiophene rings is 1. The van der Waals surface area contributed by atoms with E-state index in [9.17, 15) is 9.90 Å². The van der Waals surface area contributed by atoms with E-state index >= 15 is 0 Å². The number of benzene rings is 2. The van der Waals surface area contributed by atoms with E-state index in [1.807, 2.05) is 67.6 Å². The van der Waals surface area contributed by atoms with Crippen molar-refractivity contribution in [2.45, 2.75) is 13.3 Å². The van der Waals surface area contributed by atoms with Crippen LogP contribution in [0.25, 0.3) is 32.6 Å². The number of aryl methyl sites for hydroxylation is 1. The Morgan fingerprint density at radius 2 is 1.89 bits per heavy atom. The van der Waals surface area contributed by atoms with Crippen molar-refractivity contribution >= 4 is 39.8 Å². The molecule has 1 N–H and O–H groups in total. The molecule has 0 radical (unpaired) electrons. The Balaban J connectivity index is 2.14. The topological polar surface area (TPSA) is 50.2 Å². The molecular formula is C22H16ClNO2S. The highest BCUT2D eigenvalue weighted by atomic mass is 35.5. The van der Waals surface area contributed by atoms with Gasteiger partial charge < -0.3 is 5.11 Å². The minimum atomic E-state index is -0.884. The number of aromatic nitrogens is 1. The zero-order chi connectivity index (χ0) is 19.0. The van der Waals surface area contributed by atoms with E-state index in [1.165, 1.54) is 0 Å². The second-order valence-electron chi connectivity index (χ2n) is 6.32. The van der Waals surface area contributed by atoms with Crippen LogP contribution in [-0.2, 0) is 11.2 Å². The van der Waals surface area contributed by atoms with Crippen LogP contribution < -0.4 is 0 Å². The Hall–Kier alpha value is -2.69. The lowest BCUT2D eigenvalue weighted by atomic mass is 9.92. The molecule has 0 spiro atoms. The summed E-state index contributed by atoms with van der Waals surface area (Å²) >= 11 is 7.87. The molecule has 27 heavy (non-hydrogen) atoms. The van der Waals surface area contributed by atoms with Crippen LogP contribution in [0.5, 0.6) is 0 Å². The molecule has 134 valence electrons. The summed E-state index contributed by atoms with van der Waals surface area (Å²) in [6, 6.07) is 19.4. The number of nitrogens with zero attached hydrogens (tertiary/aromatic N) is 1. The van der Waals surface area contributed by atoms with Crippen molar-refractivity contribution in [1.29, 1.82) is 0 Å². The molecule has 0 aliphatic carbocycles. The molecule has 0 aliphatic rings. The van der Waals surface area contributed by atoms with Crippen molar-refractivity contribution in [2.24, 2.45) is 0 Å². The van der Waals surface area contributed by atoms with E-state index in [4.69, 9.17) is 16.6 Å². The summed E-state index contributed by atoms with van der Waals surface area (Å²) in [6.45, 7) is 2.03. The van der Waals surface area contributed by atoms with Crippen molar-refractivity contribution in [2.75, 3.05) is 0 Å². The number of aliphatic carboxylic acids is 1. The highest BCUT2D eigenvalue weighted by Crippen LogP contribution is 2.40. The fourth-order valence-electron chi connectivity index (χ4n) is 3.30. The standard InChI is InChI=1S/C22H16ClNO2S/c1-13-7-10-19(27-13)22-17(12-20(25)26)21(14-5-3-2-4-6-14)16-11-15(23)8-9-18(16)24-22/h2-11H,12H2,1H3,(H,25,26). The third kappa shape index (κ3) is 3.46. The molecule has 2 aromatic heterocycles. The summed E-state index contributed by atoms with van der Waals surface area (Å²) in [5, 5.41) is 11.1. The van der Waals surface area contributed by atoms with E-state index < -0.39 is 5.97 Å². The number of pyridine rings is 1. The molecule has 0 unspecified atom stereocenters. The molecule has 5 heteroatoms. The first kappa shape index (κ1) is 17.7. The Bertz CT molecular complexity index is 1150. The Morgan fingerprint density at radius 3 is 2.56 bits per heavy atom. The van der Waals surface area contributed by atoms with E-state index in [0.29, 0.717) is 10.6 Å². The predicted octanol–water partition coefficient (Wildman–Crippen LogP) is 6.22. The maximum Gasteiger partial charge on any atom is 0.307 e. The predicted molar refractivity (Wildman–Crippen MR) is 112 cm³/mol. The molecule has 2 heterocycles. The van der Waals surface area contributed by atoms with Crippen molar-refractivity contribution in [3.05, 3.63) is 76.1 Å². The second-order valence-corrected chi connectivity index (χ2v) is 8.05. The van der Waals surface area contributed by atoms with Crippen LogP contribution in [0.2, 0.25) is 5.02 Å². The number of rotatable bonds is 4. The number of carboxylic acids is 1. The maximum atomic E-state index is 11.7. The summed E-state index contributed by atoms with van der Waals surface area (Å²) in [7, 11) is 0. The summed E-state index contributed by atoms with van der Waals surface area (Å²) in [5.41, 5.74) is 4.08. The zero-order valence-corrected chi connectivity index (χ0v) is 16.1. The molecule has 0 atom stereocenters. The highest BCUT2D eigenvalue weighted by Gasteiger charge is 2.21. The molecule has 0 saturated heterocycles. The number of hydrogen-bond donors (Lipinski definition) is 1. The van der Waals surface area contributed by atoms with Gasteiger partial charge in [0.25, 0.3) is 0 Å². The van der Waals surface area contributed by atoms with Gasteiger partial charge >= 0.3 is 5.97 Å². The van der Waals surface area contributed by atoms with Gasteiger partial charge in [-0.15, -0.1) is 11.3 Å². The van der Waals surface area contributed by atoms with Crippen LogP contribution in [0.3, 0.4) is 0 Å². The molecule has 2 aromatic carbocycles. The van der Waals surface area contributed by atoms with E-state index in [1.54, 1.807) is 11.3 Å². The van der Waals surface area contributed by atoms with Gasteiger partial charge in [-0.3, -0.25) is 4.79 Å². The fraction of sp³-hybridized carbons (Fsp3) is 0.0909. The molecule has 0 bridgehead atoms. The van der Waals surface area contributed by atoms with Crippen LogP contribution in [-0.4, -0.2) is 16.1 Å². The number of carboxylic acid groups (broad SMARTS) is 1. The van der Waals surface area contributed by atoms with Gasteiger partial charge in [0.2, 0.25) is 0 Å². The van der Waals surface area contributed by atoms with Gasteiger partial charge in [0.05, 0.1) is 22.5 Å². The van der Waals surface area contributed by atoms with Crippen molar-refractivity contribution < 1.29 is 9.90 Å². The normalized spacial score (nSPS) is 11.0. The minimum Gasteiger partial charge on any atom is -0.481 e. The summed E-state index contributed by atoms with van der Waals surface area (Å²) in [4.78, 5) is 18.6. The highest BCUT2D eigenvalue weighted by molar-refractivity contribution is 7.15. The number of halogens is 1. The quantitative estimate of drug-likeness (QED) is 0.447. The van der Waals surface area contributed by atoms with Crippen LogP contribution >= 0.6 is 22.9 Å². The van der Waals surface area contributed by atoms with Crippen molar-refractivity contribution in [3.8, 4) is 21.7 Å². The average molecular weight is 394 g/mol. The minimum absolute atomic E-state index is 0.105. The molecule has 4 rings (SSSR count). The van der Waals surface area contributed by atoms with Gasteiger partial charge in [0, 0.05) is 15.3 Å². The maximum absolute atomic E-state index is 11.7. The molecule has 4 aromatic rings.